The van der Waals surface area contributed by atoms with E-state index in [9.17, 15) is 0 Å². The van der Waals surface area contributed by atoms with Crippen LogP contribution in [0.15, 0.2) is 12.4 Å². The lowest BCUT2D eigenvalue weighted by molar-refractivity contribution is 0.00688. The van der Waals surface area contributed by atoms with Crippen molar-refractivity contribution in [3.63, 3.8) is 0 Å². The highest BCUT2D eigenvalue weighted by atomic mass is 16.5. The zero-order chi connectivity index (χ0) is 12.9. The first-order valence-corrected chi connectivity index (χ1v) is 5.61. The first kappa shape index (κ1) is 13.9. The van der Waals surface area contributed by atoms with Crippen LogP contribution in [0.5, 0.6) is 5.88 Å². The van der Waals surface area contributed by atoms with E-state index >= 15 is 0 Å². The van der Waals surface area contributed by atoms with Gasteiger partial charge in [0.05, 0.1) is 18.8 Å². The third-order valence-corrected chi connectivity index (χ3v) is 2.81. The van der Waals surface area contributed by atoms with Gasteiger partial charge in [0.25, 0.3) is 0 Å². The van der Waals surface area contributed by atoms with Crippen molar-refractivity contribution in [3.05, 3.63) is 18.1 Å². The Hall–Kier alpha value is -1.20. The van der Waals surface area contributed by atoms with Crippen molar-refractivity contribution in [3.8, 4) is 5.88 Å². The van der Waals surface area contributed by atoms with E-state index < -0.39 is 0 Å². The second-order valence-corrected chi connectivity index (χ2v) is 4.46. The fourth-order valence-corrected chi connectivity index (χ4v) is 1.64. The van der Waals surface area contributed by atoms with Gasteiger partial charge in [0.1, 0.15) is 5.69 Å². The highest BCUT2D eigenvalue weighted by molar-refractivity contribution is 5.21. The highest BCUT2D eigenvalue weighted by Gasteiger charge is 2.26. The van der Waals surface area contributed by atoms with E-state index in [1.807, 2.05) is 20.9 Å². The molecule has 0 saturated carbocycles. The molecule has 1 aromatic heterocycles. The number of nitrogens with one attached hydrogen (secondary N) is 1. The SMILES string of the molecule is CNC(CC(C)(C)OC)c1nccnc1OC. The summed E-state index contributed by atoms with van der Waals surface area (Å²) < 4.78 is 10.7. The molecule has 96 valence electrons. The van der Waals surface area contributed by atoms with Crippen LogP contribution in [0.3, 0.4) is 0 Å². The average Bonchev–Trinajstić information content (AvgIpc) is 2.36. The highest BCUT2D eigenvalue weighted by Crippen LogP contribution is 2.28. The summed E-state index contributed by atoms with van der Waals surface area (Å²) in [5.41, 5.74) is 0.582. The Labute approximate surface area is 103 Å². The van der Waals surface area contributed by atoms with E-state index in [4.69, 9.17) is 9.47 Å². The Kier molecular flexibility index (Phi) is 4.84. The molecule has 1 atom stereocenters. The second-order valence-electron chi connectivity index (χ2n) is 4.46. The molecule has 1 N–H and O–H groups in total. The molecule has 0 bridgehead atoms. The van der Waals surface area contributed by atoms with Crippen LogP contribution in [0, 0.1) is 0 Å². The Morgan fingerprint density at radius 2 is 1.94 bits per heavy atom. The standard InChI is InChI=1S/C12H21N3O2/c1-12(2,17-5)8-9(13-3)10-11(16-4)15-7-6-14-10/h6-7,9,13H,8H2,1-5H3. The molecule has 5 heteroatoms. The van der Waals surface area contributed by atoms with Crippen molar-refractivity contribution in [1.82, 2.24) is 15.3 Å². The van der Waals surface area contributed by atoms with Crippen molar-refractivity contribution in [2.75, 3.05) is 21.3 Å². The van der Waals surface area contributed by atoms with E-state index in [2.05, 4.69) is 15.3 Å². The van der Waals surface area contributed by atoms with E-state index in [1.54, 1.807) is 26.6 Å². The van der Waals surface area contributed by atoms with E-state index in [0.717, 1.165) is 12.1 Å². The van der Waals surface area contributed by atoms with Crippen molar-refractivity contribution in [1.29, 1.82) is 0 Å². The normalized spacial score (nSPS) is 13.5. The topological polar surface area (TPSA) is 56.3 Å². The molecule has 1 rings (SSSR count). The molecule has 5 nitrogen and oxygen atoms in total. The minimum Gasteiger partial charge on any atom is -0.480 e. The average molecular weight is 239 g/mol. The van der Waals surface area contributed by atoms with Gasteiger partial charge in [-0.1, -0.05) is 0 Å². The van der Waals surface area contributed by atoms with Crippen LogP contribution in [0.1, 0.15) is 32.0 Å². The molecule has 0 fully saturated rings. The number of rotatable bonds is 6. The first-order valence-electron chi connectivity index (χ1n) is 5.61. The lowest BCUT2D eigenvalue weighted by Gasteiger charge is -2.28. The largest absolute Gasteiger partial charge is 0.480 e. The summed E-state index contributed by atoms with van der Waals surface area (Å²) >= 11 is 0. The van der Waals surface area contributed by atoms with Crippen LogP contribution in [-0.4, -0.2) is 36.8 Å². The van der Waals surface area contributed by atoms with Crippen molar-refractivity contribution in [2.45, 2.75) is 31.9 Å². The van der Waals surface area contributed by atoms with Gasteiger partial charge in [-0.15, -0.1) is 0 Å². The Morgan fingerprint density at radius 3 is 2.47 bits per heavy atom. The zero-order valence-electron chi connectivity index (χ0n) is 11.2. The maximum absolute atomic E-state index is 5.44. The van der Waals surface area contributed by atoms with Crippen LogP contribution >= 0.6 is 0 Å². The van der Waals surface area contributed by atoms with Crippen LogP contribution in [0.25, 0.3) is 0 Å². The van der Waals surface area contributed by atoms with Gasteiger partial charge in [-0.05, 0) is 27.3 Å². The molecule has 0 aliphatic rings. The van der Waals surface area contributed by atoms with Crippen LogP contribution in [0.4, 0.5) is 0 Å². The minimum absolute atomic E-state index is 0.0496. The van der Waals surface area contributed by atoms with Crippen LogP contribution in [-0.2, 0) is 4.74 Å². The predicted molar refractivity (Wildman–Crippen MR) is 66.1 cm³/mol. The monoisotopic (exact) mass is 239 g/mol. The summed E-state index contributed by atoms with van der Waals surface area (Å²) in [5, 5.41) is 3.22. The molecule has 1 heterocycles. The molecule has 1 aromatic rings. The number of nitrogens with zero attached hydrogens (tertiary/aromatic N) is 2. The Bertz CT molecular complexity index is 355. The van der Waals surface area contributed by atoms with Gasteiger partial charge in [-0.25, -0.2) is 4.98 Å². The van der Waals surface area contributed by atoms with Gasteiger partial charge in [-0.3, -0.25) is 4.98 Å². The number of hydrogen-bond donors (Lipinski definition) is 1. The number of methoxy groups -OCH3 is 2. The number of aromatic nitrogens is 2. The molecule has 0 spiro atoms. The van der Waals surface area contributed by atoms with Gasteiger partial charge in [0.2, 0.25) is 5.88 Å². The molecule has 0 saturated heterocycles. The quantitative estimate of drug-likeness (QED) is 0.816. The smallest absolute Gasteiger partial charge is 0.236 e. The lowest BCUT2D eigenvalue weighted by Crippen LogP contribution is -2.31. The summed E-state index contributed by atoms with van der Waals surface area (Å²) in [6.45, 7) is 4.08. The molecule has 0 aromatic carbocycles. The van der Waals surface area contributed by atoms with Crippen molar-refractivity contribution in [2.24, 2.45) is 0 Å². The summed E-state index contributed by atoms with van der Waals surface area (Å²) in [5.74, 6) is 0.554. The summed E-state index contributed by atoms with van der Waals surface area (Å²) in [4.78, 5) is 8.49. The summed E-state index contributed by atoms with van der Waals surface area (Å²) in [6.07, 6.45) is 4.08. The number of ether oxygens (including phenoxy) is 2. The van der Waals surface area contributed by atoms with Gasteiger partial charge >= 0.3 is 0 Å². The maximum Gasteiger partial charge on any atom is 0.236 e. The molecule has 0 aliphatic carbocycles. The Balaban J connectivity index is 2.93. The van der Waals surface area contributed by atoms with Crippen molar-refractivity contribution < 1.29 is 9.47 Å². The molecule has 17 heavy (non-hydrogen) atoms. The van der Waals surface area contributed by atoms with Gasteiger partial charge in [0, 0.05) is 19.5 Å². The zero-order valence-corrected chi connectivity index (χ0v) is 11.2. The minimum atomic E-state index is -0.226. The third kappa shape index (κ3) is 3.64. The number of hydrogen-bond acceptors (Lipinski definition) is 5. The van der Waals surface area contributed by atoms with Crippen LogP contribution in [0.2, 0.25) is 0 Å². The van der Waals surface area contributed by atoms with Gasteiger partial charge in [0.15, 0.2) is 0 Å². The third-order valence-electron chi connectivity index (χ3n) is 2.81. The molecule has 1 unspecified atom stereocenters. The van der Waals surface area contributed by atoms with E-state index in [0.29, 0.717) is 5.88 Å². The Morgan fingerprint density at radius 1 is 1.29 bits per heavy atom. The summed E-state index contributed by atoms with van der Waals surface area (Å²) in [6, 6.07) is 0.0496. The van der Waals surface area contributed by atoms with E-state index in [1.165, 1.54) is 0 Å². The maximum atomic E-state index is 5.44. The second kappa shape index (κ2) is 5.93. The predicted octanol–water partition coefficient (Wildman–Crippen LogP) is 1.56. The fraction of sp³-hybridized carbons (Fsp3) is 0.667. The van der Waals surface area contributed by atoms with Crippen molar-refractivity contribution >= 4 is 0 Å². The molecular formula is C12H21N3O2. The van der Waals surface area contributed by atoms with Gasteiger partial charge in [-0.2, -0.15) is 0 Å². The molecular weight excluding hydrogens is 218 g/mol. The molecule has 0 radical (unpaired) electrons. The van der Waals surface area contributed by atoms with E-state index in [-0.39, 0.29) is 11.6 Å². The molecule has 0 aliphatic heterocycles. The van der Waals surface area contributed by atoms with Gasteiger partial charge < -0.3 is 14.8 Å². The summed E-state index contributed by atoms with van der Waals surface area (Å²) in [7, 11) is 5.20. The first-order chi connectivity index (χ1) is 8.04. The fourth-order valence-electron chi connectivity index (χ4n) is 1.64. The lowest BCUT2D eigenvalue weighted by atomic mass is 9.96. The van der Waals surface area contributed by atoms with Crippen LogP contribution < -0.4 is 10.1 Å². The molecule has 0 amide bonds.